The molecule has 0 spiro atoms. The molecule has 2 heterocycles. The van der Waals surface area contributed by atoms with Gasteiger partial charge in [-0.15, -0.1) is 0 Å². The van der Waals surface area contributed by atoms with E-state index in [4.69, 9.17) is 20.8 Å². The van der Waals surface area contributed by atoms with Crippen LogP contribution in [0.1, 0.15) is 12.8 Å². The van der Waals surface area contributed by atoms with Crippen molar-refractivity contribution in [2.75, 3.05) is 11.9 Å². The number of hydrogen-bond donors (Lipinski definition) is 0. The fourth-order valence-corrected chi connectivity index (χ4v) is 3.96. The molecule has 0 N–H and O–H groups in total. The maximum atomic E-state index is 6.13. The molecule has 4 aromatic rings. The van der Waals surface area contributed by atoms with E-state index in [9.17, 15) is 0 Å². The van der Waals surface area contributed by atoms with Crippen LogP contribution in [0.3, 0.4) is 0 Å². The Kier molecular flexibility index (Phi) is 4.79. The molecular weight excluding hydrogens is 408 g/mol. The Hall–Kier alpha value is -3.50. The average molecular weight is 430 g/mol. The Labute approximate surface area is 186 Å². The molecule has 0 saturated carbocycles. The predicted octanol–water partition coefficient (Wildman–Crippen LogP) is 6.35. The number of anilines is 1. The van der Waals surface area contributed by atoms with Crippen LogP contribution in [0, 0.1) is 0 Å². The minimum Gasteiger partial charge on any atom is -0.439 e. The molecule has 0 unspecified atom stereocenters. The monoisotopic (exact) mass is 429 g/mol. The fraction of sp³-hybridized carbons (Fsp3) is 0.115. The van der Waals surface area contributed by atoms with Crippen LogP contribution in [-0.4, -0.2) is 7.05 Å². The number of hydrogen-bond acceptors (Lipinski definition) is 3. The summed E-state index contributed by atoms with van der Waals surface area (Å²) in [4.78, 5) is 1.99. The number of halogens is 1. The first-order valence-corrected chi connectivity index (χ1v) is 10.5. The maximum Gasteiger partial charge on any atom is 0.374 e. The van der Waals surface area contributed by atoms with Crippen LogP contribution in [0.5, 0.6) is 5.75 Å². The van der Waals surface area contributed by atoms with Crippen molar-refractivity contribution in [2.45, 2.75) is 6.92 Å². The molecule has 1 aliphatic heterocycles. The van der Waals surface area contributed by atoms with Crippen molar-refractivity contribution < 1.29 is 13.7 Å². The summed E-state index contributed by atoms with van der Waals surface area (Å²) in [5.41, 5.74) is 6.21. The molecule has 5 heteroatoms. The smallest absolute Gasteiger partial charge is 0.374 e. The summed E-state index contributed by atoms with van der Waals surface area (Å²) in [7, 11) is 3.98. The van der Waals surface area contributed by atoms with Crippen molar-refractivity contribution in [1.29, 1.82) is 0 Å². The van der Waals surface area contributed by atoms with E-state index in [1.807, 2.05) is 80.5 Å². The molecule has 0 aliphatic carbocycles. The summed E-state index contributed by atoms with van der Waals surface area (Å²) in [5, 5.41) is 0.687. The number of oxazole rings is 1. The van der Waals surface area contributed by atoms with Gasteiger partial charge in [0.15, 0.2) is 5.75 Å². The van der Waals surface area contributed by atoms with Gasteiger partial charge in [-0.05, 0) is 47.9 Å². The number of aryl methyl sites for hydroxylation is 1. The topological polar surface area (TPSA) is 29.5 Å². The highest BCUT2D eigenvalue weighted by molar-refractivity contribution is 6.31. The molecular formula is C26H22ClN2O2+. The van der Waals surface area contributed by atoms with Gasteiger partial charge in [-0.2, -0.15) is 4.57 Å². The predicted molar refractivity (Wildman–Crippen MR) is 125 cm³/mol. The Balaban J connectivity index is 1.47. The van der Waals surface area contributed by atoms with Gasteiger partial charge in [0.25, 0.3) is 5.52 Å². The molecule has 31 heavy (non-hydrogen) atoms. The van der Waals surface area contributed by atoms with Crippen molar-refractivity contribution in [2.24, 2.45) is 7.05 Å². The fourth-order valence-electron chi connectivity index (χ4n) is 3.80. The Bertz CT molecular complexity index is 1350. The third-order valence-corrected chi connectivity index (χ3v) is 5.74. The van der Waals surface area contributed by atoms with Gasteiger partial charge in [0, 0.05) is 24.2 Å². The summed E-state index contributed by atoms with van der Waals surface area (Å²) in [5.74, 6) is 2.32. The number of allylic oxidation sites excluding steroid dienone is 2. The number of aromatic nitrogens is 1. The van der Waals surface area contributed by atoms with Gasteiger partial charge >= 0.3 is 5.89 Å². The highest BCUT2D eigenvalue weighted by atomic mass is 35.5. The van der Waals surface area contributed by atoms with Crippen LogP contribution in [0.15, 0.2) is 88.7 Å². The normalized spacial score (nSPS) is 14.9. The third kappa shape index (κ3) is 3.60. The molecule has 4 nitrogen and oxygen atoms in total. The first-order chi connectivity index (χ1) is 15.0. The zero-order chi connectivity index (χ0) is 21.5. The van der Waals surface area contributed by atoms with E-state index in [1.54, 1.807) is 0 Å². The first-order valence-electron chi connectivity index (χ1n) is 10.1. The van der Waals surface area contributed by atoms with Crippen molar-refractivity contribution in [1.82, 2.24) is 0 Å². The lowest BCUT2D eigenvalue weighted by Crippen LogP contribution is -2.29. The lowest BCUT2D eigenvalue weighted by atomic mass is 10.1. The molecule has 1 aromatic heterocycles. The lowest BCUT2D eigenvalue weighted by molar-refractivity contribution is -0.652. The Morgan fingerprint density at radius 2 is 1.81 bits per heavy atom. The van der Waals surface area contributed by atoms with E-state index in [-0.39, 0.29) is 0 Å². The number of ether oxygens (including phenoxy) is 1. The van der Waals surface area contributed by atoms with E-state index in [0.29, 0.717) is 5.02 Å². The maximum absolute atomic E-state index is 6.13. The van der Waals surface area contributed by atoms with E-state index < -0.39 is 0 Å². The van der Waals surface area contributed by atoms with Gasteiger partial charge in [-0.3, -0.25) is 0 Å². The molecule has 0 fully saturated rings. The zero-order valence-electron chi connectivity index (χ0n) is 17.6. The number of fused-ring (bicyclic) bond motifs is 2. The molecule has 0 radical (unpaired) electrons. The Morgan fingerprint density at radius 1 is 1.00 bits per heavy atom. The van der Waals surface area contributed by atoms with Gasteiger partial charge in [0.05, 0.1) is 11.8 Å². The summed E-state index contributed by atoms with van der Waals surface area (Å²) in [6, 6.07) is 22.2. The van der Waals surface area contributed by atoms with Crippen molar-refractivity contribution in [3.05, 3.63) is 95.2 Å². The Morgan fingerprint density at radius 3 is 2.61 bits per heavy atom. The molecule has 0 amide bonds. The molecule has 0 saturated heterocycles. The van der Waals surface area contributed by atoms with Gasteiger partial charge in [-0.1, -0.05) is 48.0 Å². The van der Waals surface area contributed by atoms with Gasteiger partial charge in [0.1, 0.15) is 7.05 Å². The van der Waals surface area contributed by atoms with Crippen molar-refractivity contribution >= 4 is 34.5 Å². The zero-order valence-corrected chi connectivity index (χ0v) is 18.4. The minimum absolute atomic E-state index is 0.687. The van der Waals surface area contributed by atoms with Crippen LogP contribution in [-0.2, 0) is 7.05 Å². The van der Waals surface area contributed by atoms with Gasteiger partial charge < -0.3 is 14.1 Å². The van der Waals surface area contributed by atoms with Crippen molar-refractivity contribution in [3.63, 3.8) is 0 Å². The molecule has 3 aromatic carbocycles. The van der Waals surface area contributed by atoms with Crippen molar-refractivity contribution in [3.8, 4) is 16.9 Å². The number of benzene rings is 3. The van der Waals surface area contributed by atoms with Gasteiger partial charge in [0.2, 0.25) is 11.5 Å². The SMILES string of the molecule is CC(=C/c1oc2ccc(-c3ccccc3)cc2[n+]1C)/C=C1/Oc2ccc(Cl)cc2N1C. The largest absolute Gasteiger partial charge is 0.439 e. The van der Waals surface area contributed by atoms with Crippen LogP contribution in [0.25, 0.3) is 28.3 Å². The summed E-state index contributed by atoms with van der Waals surface area (Å²) in [6.07, 6.45) is 4.01. The third-order valence-electron chi connectivity index (χ3n) is 5.50. The second kappa shape index (κ2) is 7.64. The standard InChI is InChI=1S/C26H22ClN2O2/c1-17(14-26-29(3)22-16-20(27)10-12-24(22)31-26)13-25-28(2)21-15-19(9-11-23(21)30-25)18-7-5-4-6-8-18/h4-16H,1-3H3/q+1. The first kappa shape index (κ1) is 19.5. The van der Waals surface area contributed by atoms with E-state index in [2.05, 4.69) is 28.8 Å². The number of rotatable bonds is 3. The highest BCUT2D eigenvalue weighted by Crippen LogP contribution is 2.39. The lowest BCUT2D eigenvalue weighted by Gasteiger charge is -2.11. The van der Waals surface area contributed by atoms with Gasteiger partial charge in [-0.25, -0.2) is 0 Å². The summed E-state index contributed by atoms with van der Waals surface area (Å²) < 4.78 is 14.2. The quantitative estimate of drug-likeness (QED) is 0.355. The molecule has 1 aliphatic rings. The summed E-state index contributed by atoms with van der Waals surface area (Å²) >= 11 is 6.13. The van der Waals surface area contributed by atoms with Crippen LogP contribution < -0.4 is 14.2 Å². The van der Waals surface area contributed by atoms with Crippen LogP contribution >= 0.6 is 11.6 Å². The molecule has 0 atom stereocenters. The minimum atomic E-state index is 0.687. The highest BCUT2D eigenvalue weighted by Gasteiger charge is 2.24. The average Bonchev–Trinajstić information content (AvgIpc) is 3.25. The van der Waals surface area contributed by atoms with E-state index in [1.165, 1.54) is 5.56 Å². The van der Waals surface area contributed by atoms with E-state index in [0.717, 1.165) is 45.4 Å². The molecule has 5 rings (SSSR count). The van der Waals surface area contributed by atoms with Crippen LogP contribution in [0.2, 0.25) is 5.02 Å². The summed E-state index contributed by atoms with van der Waals surface area (Å²) in [6.45, 7) is 2.03. The number of nitrogens with zero attached hydrogens (tertiary/aromatic N) is 2. The second-order valence-electron chi connectivity index (χ2n) is 7.69. The van der Waals surface area contributed by atoms with Crippen LogP contribution in [0.4, 0.5) is 5.69 Å². The molecule has 154 valence electrons. The van der Waals surface area contributed by atoms with E-state index >= 15 is 0 Å². The molecule has 0 bridgehead atoms. The second-order valence-corrected chi connectivity index (χ2v) is 8.13.